The largest absolute Gasteiger partial charge is 0.380 e. The first-order valence-corrected chi connectivity index (χ1v) is 13.5. The van der Waals surface area contributed by atoms with E-state index in [2.05, 4.69) is 80.6 Å². The van der Waals surface area contributed by atoms with Crippen molar-refractivity contribution in [3.8, 4) is 22.3 Å². The molecule has 34 heavy (non-hydrogen) atoms. The van der Waals surface area contributed by atoms with E-state index in [1.165, 1.54) is 84.7 Å². The van der Waals surface area contributed by atoms with Gasteiger partial charge in [-0.25, -0.2) is 0 Å². The maximum Gasteiger partial charge on any atom is 0.0713 e. The van der Waals surface area contributed by atoms with Crippen molar-refractivity contribution in [2.75, 3.05) is 7.11 Å². The normalized spacial score (nSPS) is 18.2. The minimum atomic E-state index is 0.663. The Kier molecular flexibility index (Phi) is 8.99. The molecule has 0 amide bonds. The zero-order valence-corrected chi connectivity index (χ0v) is 21.5. The molecule has 1 aliphatic carbocycles. The number of unbranched alkanes of at least 4 members (excludes halogenated alkanes) is 2. The quantitative estimate of drug-likeness (QED) is 0.277. The van der Waals surface area contributed by atoms with Crippen LogP contribution in [0.5, 0.6) is 0 Å². The molecule has 0 atom stereocenters. The van der Waals surface area contributed by atoms with Crippen LogP contribution in [0.25, 0.3) is 22.3 Å². The smallest absolute Gasteiger partial charge is 0.0713 e. The van der Waals surface area contributed by atoms with E-state index < -0.39 is 0 Å². The summed E-state index contributed by atoms with van der Waals surface area (Å²) in [5.74, 6) is 1.73. The van der Waals surface area contributed by atoms with Crippen LogP contribution >= 0.6 is 0 Å². The molecule has 4 rings (SSSR count). The summed E-state index contributed by atoms with van der Waals surface area (Å²) in [6.45, 7) is 5.23. The standard InChI is InChI=1S/C33H42O/c1-4-6-7-8-25-9-13-28(14-10-25)29-17-19-31(20-18-29)33-22-21-32(23-27(33)5-2)30-15-11-26(12-16-30)24-34-3/h11-12,15-23,25,28H,4-10,13-14,24H2,1-3H3. The first-order chi connectivity index (χ1) is 16.7. The Bertz CT molecular complexity index is 1010. The van der Waals surface area contributed by atoms with Crippen LogP contribution in [0.2, 0.25) is 0 Å². The van der Waals surface area contributed by atoms with Gasteiger partial charge in [0.25, 0.3) is 0 Å². The van der Waals surface area contributed by atoms with E-state index in [-0.39, 0.29) is 0 Å². The summed E-state index contributed by atoms with van der Waals surface area (Å²) < 4.78 is 5.24. The van der Waals surface area contributed by atoms with E-state index >= 15 is 0 Å². The third-order valence-corrected chi connectivity index (χ3v) is 7.84. The molecule has 180 valence electrons. The molecular weight excluding hydrogens is 412 g/mol. The van der Waals surface area contributed by atoms with Crippen molar-refractivity contribution in [3.05, 3.63) is 83.4 Å². The maximum atomic E-state index is 5.24. The van der Waals surface area contributed by atoms with Gasteiger partial charge in [-0.3, -0.25) is 0 Å². The Labute approximate surface area is 207 Å². The molecule has 0 heterocycles. The van der Waals surface area contributed by atoms with Crippen LogP contribution < -0.4 is 0 Å². The second-order valence-corrected chi connectivity index (χ2v) is 10.2. The van der Waals surface area contributed by atoms with E-state index in [1.54, 1.807) is 12.7 Å². The Hall–Kier alpha value is -2.38. The Morgan fingerprint density at radius 2 is 1.41 bits per heavy atom. The van der Waals surface area contributed by atoms with E-state index in [0.717, 1.165) is 18.3 Å². The fourth-order valence-corrected chi connectivity index (χ4v) is 5.71. The van der Waals surface area contributed by atoms with Crippen molar-refractivity contribution in [2.45, 2.75) is 84.2 Å². The molecule has 3 aromatic rings. The van der Waals surface area contributed by atoms with Crippen LogP contribution in [0.3, 0.4) is 0 Å². The highest BCUT2D eigenvalue weighted by Gasteiger charge is 2.22. The third-order valence-electron chi connectivity index (χ3n) is 7.84. The van der Waals surface area contributed by atoms with Gasteiger partial charge >= 0.3 is 0 Å². The molecule has 0 spiro atoms. The number of benzene rings is 3. The van der Waals surface area contributed by atoms with Gasteiger partial charge in [0.05, 0.1) is 6.61 Å². The lowest BCUT2D eigenvalue weighted by atomic mass is 9.77. The van der Waals surface area contributed by atoms with E-state index in [1.807, 2.05) is 0 Å². The predicted molar refractivity (Wildman–Crippen MR) is 146 cm³/mol. The van der Waals surface area contributed by atoms with Gasteiger partial charge in [0.2, 0.25) is 0 Å². The third kappa shape index (κ3) is 6.19. The SMILES string of the molecule is CCCCCC1CCC(c2ccc(-c3ccc(-c4ccc(COC)cc4)cc3CC)cc2)CC1. The molecule has 1 nitrogen and oxygen atoms in total. The van der Waals surface area contributed by atoms with Gasteiger partial charge in [0, 0.05) is 7.11 Å². The number of methoxy groups -OCH3 is 1. The van der Waals surface area contributed by atoms with Crippen LogP contribution in [0.4, 0.5) is 0 Å². The summed E-state index contributed by atoms with van der Waals surface area (Å²) in [6, 6.07) is 25.2. The summed E-state index contributed by atoms with van der Waals surface area (Å²) in [4.78, 5) is 0. The lowest BCUT2D eigenvalue weighted by Crippen LogP contribution is -2.13. The minimum absolute atomic E-state index is 0.663. The second kappa shape index (κ2) is 12.4. The molecule has 0 aliphatic heterocycles. The van der Waals surface area contributed by atoms with Gasteiger partial charge in [-0.2, -0.15) is 0 Å². The summed E-state index contributed by atoms with van der Waals surface area (Å²) in [5.41, 5.74) is 9.44. The number of hydrogen-bond acceptors (Lipinski definition) is 1. The first kappa shape index (κ1) is 24.7. The first-order valence-electron chi connectivity index (χ1n) is 13.5. The topological polar surface area (TPSA) is 9.23 Å². The van der Waals surface area contributed by atoms with Gasteiger partial charge in [-0.05, 0) is 82.9 Å². The Morgan fingerprint density at radius 3 is 2.06 bits per heavy atom. The molecule has 0 unspecified atom stereocenters. The fraction of sp³-hybridized carbons (Fsp3) is 0.455. The van der Waals surface area contributed by atoms with Crippen molar-refractivity contribution in [1.29, 1.82) is 0 Å². The zero-order chi connectivity index (χ0) is 23.8. The summed E-state index contributed by atoms with van der Waals surface area (Å²) in [5, 5.41) is 0. The maximum absolute atomic E-state index is 5.24. The summed E-state index contributed by atoms with van der Waals surface area (Å²) >= 11 is 0. The molecule has 0 N–H and O–H groups in total. The van der Waals surface area contributed by atoms with Crippen LogP contribution in [-0.2, 0) is 17.8 Å². The number of hydrogen-bond donors (Lipinski definition) is 0. The highest BCUT2D eigenvalue weighted by atomic mass is 16.5. The molecule has 0 radical (unpaired) electrons. The van der Waals surface area contributed by atoms with E-state index in [4.69, 9.17) is 4.74 Å². The second-order valence-electron chi connectivity index (χ2n) is 10.2. The molecule has 0 aromatic heterocycles. The fourth-order valence-electron chi connectivity index (χ4n) is 5.71. The van der Waals surface area contributed by atoms with Crippen molar-refractivity contribution in [2.24, 2.45) is 5.92 Å². The molecule has 1 saturated carbocycles. The molecule has 0 saturated heterocycles. The van der Waals surface area contributed by atoms with Crippen LogP contribution in [0.15, 0.2) is 66.7 Å². The Morgan fingerprint density at radius 1 is 0.735 bits per heavy atom. The predicted octanol–water partition coefficient (Wildman–Crippen LogP) is 9.58. The molecule has 1 fully saturated rings. The van der Waals surface area contributed by atoms with Crippen molar-refractivity contribution < 1.29 is 4.74 Å². The van der Waals surface area contributed by atoms with E-state index in [9.17, 15) is 0 Å². The van der Waals surface area contributed by atoms with E-state index in [0.29, 0.717) is 6.61 Å². The number of rotatable bonds is 10. The summed E-state index contributed by atoms with van der Waals surface area (Å²) in [7, 11) is 1.74. The van der Waals surface area contributed by atoms with Crippen LogP contribution in [0, 0.1) is 5.92 Å². The van der Waals surface area contributed by atoms with Gasteiger partial charge < -0.3 is 4.74 Å². The van der Waals surface area contributed by atoms with Crippen LogP contribution in [-0.4, -0.2) is 7.11 Å². The molecular formula is C33H42O. The van der Waals surface area contributed by atoms with Gasteiger partial charge in [-0.15, -0.1) is 0 Å². The molecule has 0 bridgehead atoms. The monoisotopic (exact) mass is 454 g/mol. The number of aryl methyl sites for hydroxylation is 1. The van der Waals surface area contributed by atoms with Crippen molar-refractivity contribution >= 4 is 0 Å². The lowest BCUT2D eigenvalue weighted by molar-refractivity contribution is 0.185. The molecule has 1 heteroatoms. The molecule has 3 aromatic carbocycles. The van der Waals surface area contributed by atoms with Crippen molar-refractivity contribution in [3.63, 3.8) is 0 Å². The average Bonchev–Trinajstić information content (AvgIpc) is 2.90. The zero-order valence-electron chi connectivity index (χ0n) is 21.5. The summed E-state index contributed by atoms with van der Waals surface area (Å²) in [6.07, 6.45) is 12.2. The van der Waals surface area contributed by atoms with Gasteiger partial charge in [0.15, 0.2) is 0 Å². The number of ether oxygens (including phenoxy) is 1. The van der Waals surface area contributed by atoms with Gasteiger partial charge in [0.1, 0.15) is 0 Å². The average molecular weight is 455 g/mol. The highest BCUT2D eigenvalue weighted by Crippen LogP contribution is 2.38. The molecule has 1 aliphatic rings. The lowest BCUT2D eigenvalue weighted by Gasteiger charge is -2.29. The highest BCUT2D eigenvalue weighted by molar-refractivity contribution is 5.74. The Balaban J connectivity index is 1.43. The van der Waals surface area contributed by atoms with Crippen LogP contribution in [0.1, 0.15) is 87.8 Å². The minimum Gasteiger partial charge on any atom is -0.380 e. The van der Waals surface area contributed by atoms with Gasteiger partial charge in [-0.1, -0.05) is 106 Å². The van der Waals surface area contributed by atoms with Crippen molar-refractivity contribution in [1.82, 2.24) is 0 Å².